The van der Waals surface area contributed by atoms with Crippen molar-refractivity contribution in [2.24, 2.45) is 0 Å². The summed E-state index contributed by atoms with van der Waals surface area (Å²) in [5.41, 5.74) is 14.8. The molecule has 7 aromatic carbocycles. The number of fused-ring (bicyclic) bond motifs is 1. The first kappa shape index (κ1) is 33.3. The zero-order valence-corrected chi connectivity index (χ0v) is 30.6. The van der Waals surface area contributed by atoms with Crippen molar-refractivity contribution in [3.05, 3.63) is 193 Å². The summed E-state index contributed by atoms with van der Waals surface area (Å²) in [5.74, 6) is 0. The molecule has 0 saturated heterocycles. The lowest BCUT2D eigenvalue weighted by Gasteiger charge is -2.42. The van der Waals surface area contributed by atoms with E-state index in [2.05, 4.69) is 219 Å². The Morgan fingerprint density at radius 3 is 1.21 bits per heavy atom. The molecular weight excluding hydrogens is 629 g/mol. The molecule has 0 heterocycles. The molecule has 0 bridgehead atoms. The van der Waals surface area contributed by atoms with E-state index in [0.29, 0.717) is 0 Å². The van der Waals surface area contributed by atoms with Crippen LogP contribution in [0.5, 0.6) is 0 Å². The van der Waals surface area contributed by atoms with Crippen molar-refractivity contribution < 1.29 is 0 Å². The summed E-state index contributed by atoms with van der Waals surface area (Å²) in [7, 11) is 0. The average molecular weight is 675 g/mol. The molecule has 0 spiro atoms. The highest BCUT2D eigenvalue weighted by Crippen LogP contribution is 2.48. The van der Waals surface area contributed by atoms with Gasteiger partial charge in [-0.1, -0.05) is 137 Å². The highest BCUT2D eigenvalue weighted by Gasteiger charge is 2.37. The third-order valence-electron chi connectivity index (χ3n) is 10.9. The van der Waals surface area contributed by atoms with Crippen molar-refractivity contribution >= 4 is 34.1 Å². The molecule has 0 aromatic heterocycles. The van der Waals surface area contributed by atoms with Gasteiger partial charge in [0.2, 0.25) is 0 Å². The maximum absolute atomic E-state index is 2.46. The summed E-state index contributed by atoms with van der Waals surface area (Å²) in [6, 6.07) is 65.9. The molecule has 0 unspecified atom stereocenters. The van der Waals surface area contributed by atoms with Gasteiger partial charge in [0.1, 0.15) is 0 Å². The van der Waals surface area contributed by atoms with Crippen LogP contribution in [0, 0.1) is 0 Å². The van der Waals surface area contributed by atoms with Crippen LogP contribution in [0.1, 0.15) is 51.7 Å². The lowest BCUT2D eigenvalue weighted by atomic mass is 9.63. The van der Waals surface area contributed by atoms with Gasteiger partial charge >= 0.3 is 0 Å². The Kier molecular flexibility index (Phi) is 8.77. The second-order valence-electron chi connectivity index (χ2n) is 15.4. The van der Waals surface area contributed by atoms with E-state index in [-0.39, 0.29) is 10.8 Å². The van der Waals surface area contributed by atoms with Crippen LogP contribution in [0.4, 0.5) is 34.1 Å². The minimum Gasteiger partial charge on any atom is -0.310 e. The standard InChI is InChI=1S/C50H46N2/c1-49(2)32-33-50(3,4)48-36-46(30-31-47(48)49)52(42-22-12-7-13-23-42)45-25-15-19-40(35-45)39-18-14-24-44(34-39)51(41-20-10-6-11-21-41)43-28-26-38(27-29-43)37-16-8-5-9-17-37/h5-31,34-36H,32-33H2,1-4H3. The van der Waals surface area contributed by atoms with Gasteiger partial charge in [-0.3, -0.25) is 0 Å². The molecule has 0 fully saturated rings. The lowest BCUT2D eigenvalue weighted by Crippen LogP contribution is -2.34. The maximum Gasteiger partial charge on any atom is 0.0467 e. The predicted molar refractivity (Wildman–Crippen MR) is 222 cm³/mol. The Morgan fingerprint density at radius 1 is 0.308 bits per heavy atom. The van der Waals surface area contributed by atoms with E-state index < -0.39 is 0 Å². The molecule has 1 aliphatic carbocycles. The van der Waals surface area contributed by atoms with Crippen LogP contribution in [0.15, 0.2) is 182 Å². The van der Waals surface area contributed by atoms with Crippen molar-refractivity contribution in [1.82, 2.24) is 0 Å². The van der Waals surface area contributed by atoms with Gasteiger partial charge in [-0.25, -0.2) is 0 Å². The SMILES string of the molecule is CC1(C)CCC(C)(C)c2cc(N(c3ccccc3)c3cccc(-c4cccc(N(c5ccccc5)c5ccc(-c6ccccc6)cc5)c4)c3)ccc21. The lowest BCUT2D eigenvalue weighted by molar-refractivity contribution is 0.332. The fraction of sp³-hybridized carbons (Fsp3) is 0.160. The molecule has 0 amide bonds. The molecule has 256 valence electrons. The summed E-state index contributed by atoms with van der Waals surface area (Å²) in [6.45, 7) is 9.60. The molecule has 8 rings (SSSR count). The number of hydrogen-bond donors (Lipinski definition) is 0. The van der Waals surface area contributed by atoms with E-state index >= 15 is 0 Å². The van der Waals surface area contributed by atoms with Gasteiger partial charge in [0.15, 0.2) is 0 Å². The van der Waals surface area contributed by atoms with Crippen molar-refractivity contribution in [1.29, 1.82) is 0 Å². The van der Waals surface area contributed by atoms with Crippen LogP contribution in [0.25, 0.3) is 22.3 Å². The smallest absolute Gasteiger partial charge is 0.0467 e. The molecule has 7 aromatic rings. The Morgan fingerprint density at radius 2 is 0.673 bits per heavy atom. The van der Waals surface area contributed by atoms with Gasteiger partial charge in [-0.15, -0.1) is 0 Å². The van der Waals surface area contributed by atoms with Gasteiger partial charge in [0.05, 0.1) is 0 Å². The van der Waals surface area contributed by atoms with Crippen LogP contribution >= 0.6 is 0 Å². The van der Waals surface area contributed by atoms with E-state index in [4.69, 9.17) is 0 Å². The molecular formula is C50H46N2. The van der Waals surface area contributed by atoms with Crippen molar-refractivity contribution in [3.63, 3.8) is 0 Å². The predicted octanol–water partition coefficient (Wildman–Crippen LogP) is 14.3. The van der Waals surface area contributed by atoms with Gasteiger partial charge in [-0.05, 0) is 130 Å². The van der Waals surface area contributed by atoms with Crippen molar-refractivity contribution in [2.75, 3.05) is 9.80 Å². The minimum absolute atomic E-state index is 0.123. The summed E-state index contributed by atoms with van der Waals surface area (Å²) in [6.07, 6.45) is 2.39. The molecule has 1 aliphatic rings. The average Bonchev–Trinajstić information content (AvgIpc) is 3.19. The maximum atomic E-state index is 2.46. The molecule has 0 saturated carbocycles. The fourth-order valence-electron chi connectivity index (χ4n) is 7.85. The summed E-state index contributed by atoms with van der Waals surface area (Å²) >= 11 is 0. The molecule has 2 nitrogen and oxygen atoms in total. The topological polar surface area (TPSA) is 6.48 Å². The van der Waals surface area contributed by atoms with Crippen LogP contribution in [0.3, 0.4) is 0 Å². The van der Waals surface area contributed by atoms with Crippen molar-refractivity contribution in [2.45, 2.75) is 51.4 Å². The molecule has 0 aliphatic heterocycles. The van der Waals surface area contributed by atoms with Gasteiger partial charge in [0.25, 0.3) is 0 Å². The van der Waals surface area contributed by atoms with E-state index in [9.17, 15) is 0 Å². The Bertz CT molecular complexity index is 2290. The third kappa shape index (κ3) is 6.53. The first-order chi connectivity index (χ1) is 25.3. The van der Waals surface area contributed by atoms with E-state index in [0.717, 1.165) is 28.4 Å². The van der Waals surface area contributed by atoms with Gasteiger partial charge in [-0.2, -0.15) is 0 Å². The largest absolute Gasteiger partial charge is 0.310 e. The number of anilines is 6. The zero-order valence-electron chi connectivity index (χ0n) is 30.6. The quantitative estimate of drug-likeness (QED) is 0.158. The Balaban J connectivity index is 1.19. The monoisotopic (exact) mass is 674 g/mol. The first-order valence-electron chi connectivity index (χ1n) is 18.5. The van der Waals surface area contributed by atoms with Gasteiger partial charge in [0, 0.05) is 34.1 Å². The summed E-state index contributed by atoms with van der Waals surface area (Å²) in [5, 5.41) is 0. The molecule has 0 atom stereocenters. The summed E-state index contributed by atoms with van der Waals surface area (Å²) in [4.78, 5) is 4.75. The summed E-state index contributed by atoms with van der Waals surface area (Å²) < 4.78 is 0. The molecule has 0 N–H and O–H groups in total. The van der Waals surface area contributed by atoms with Crippen LogP contribution in [-0.2, 0) is 10.8 Å². The normalized spacial score (nSPS) is 14.3. The molecule has 52 heavy (non-hydrogen) atoms. The number of benzene rings is 7. The minimum atomic E-state index is 0.123. The Hall–Kier alpha value is -5.86. The highest BCUT2D eigenvalue weighted by atomic mass is 15.1. The van der Waals surface area contributed by atoms with Crippen molar-refractivity contribution in [3.8, 4) is 22.3 Å². The number of hydrogen-bond acceptors (Lipinski definition) is 2. The van der Waals surface area contributed by atoms with Crippen LogP contribution in [0.2, 0.25) is 0 Å². The van der Waals surface area contributed by atoms with Crippen LogP contribution < -0.4 is 9.80 Å². The number of nitrogens with zero attached hydrogens (tertiary/aromatic N) is 2. The van der Waals surface area contributed by atoms with E-state index in [1.807, 2.05) is 0 Å². The fourth-order valence-corrected chi connectivity index (χ4v) is 7.85. The second kappa shape index (κ2) is 13.7. The third-order valence-corrected chi connectivity index (χ3v) is 10.9. The number of rotatable bonds is 8. The van der Waals surface area contributed by atoms with Gasteiger partial charge < -0.3 is 9.80 Å². The molecule has 2 heteroatoms. The highest BCUT2D eigenvalue weighted by molar-refractivity contribution is 5.84. The van der Waals surface area contributed by atoms with Crippen LogP contribution in [-0.4, -0.2) is 0 Å². The second-order valence-corrected chi connectivity index (χ2v) is 15.4. The first-order valence-corrected chi connectivity index (χ1v) is 18.5. The van der Waals surface area contributed by atoms with E-state index in [1.165, 1.54) is 51.9 Å². The Labute approximate surface area is 309 Å². The number of para-hydroxylation sites is 2. The van der Waals surface area contributed by atoms with E-state index in [1.54, 1.807) is 0 Å². The zero-order chi connectivity index (χ0) is 35.7. The molecule has 0 radical (unpaired) electrons.